The summed E-state index contributed by atoms with van der Waals surface area (Å²) in [5.41, 5.74) is 2.35. The lowest BCUT2D eigenvalue weighted by atomic mass is 10.2. The van der Waals surface area contributed by atoms with Crippen LogP contribution in [0.3, 0.4) is 0 Å². The molecule has 2 rings (SSSR count). The first-order valence-electron chi connectivity index (χ1n) is 5.24. The van der Waals surface area contributed by atoms with Crippen molar-refractivity contribution in [2.45, 2.75) is 6.92 Å². The molecule has 16 heavy (non-hydrogen) atoms. The molecule has 1 aromatic carbocycles. The van der Waals surface area contributed by atoms with Crippen LogP contribution < -0.4 is 4.90 Å². The molecular weight excluding hydrogens is 264 g/mol. The van der Waals surface area contributed by atoms with Crippen molar-refractivity contribution in [3.05, 3.63) is 53.3 Å². The van der Waals surface area contributed by atoms with Gasteiger partial charge in [-0.15, -0.1) is 0 Å². The van der Waals surface area contributed by atoms with E-state index >= 15 is 0 Å². The van der Waals surface area contributed by atoms with E-state index in [1.54, 1.807) is 0 Å². The maximum Gasteiger partial charge on any atom is 0.0441 e. The van der Waals surface area contributed by atoms with Gasteiger partial charge in [-0.05, 0) is 37.3 Å². The molecule has 2 aromatic rings. The molecule has 0 spiro atoms. The van der Waals surface area contributed by atoms with Gasteiger partial charge < -0.3 is 4.90 Å². The van der Waals surface area contributed by atoms with Crippen molar-refractivity contribution >= 4 is 27.3 Å². The van der Waals surface area contributed by atoms with Crippen molar-refractivity contribution in [1.82, 2.24) is 4.98 Å². The molecule has 2 nitrogen and oxygen atoms in total. The number of pyridine rings is 1. The highest BCUT2D eigenvalue weighted by Crippen LogP contribution is 2.26. The van der Waals surface area contributed by atoms with Gasteiger partial charge >= 0.3 is 0 Å². The van der Waals surface area contributed by atoms with E-state index in [-0.39, 0.29) is 0 Å². The first-order valence-corrected chi connectivity index (χ1v) is 6.03. The molecule has 0 bridgehead atoms. The fourth-order valence-corrected chi connectivity index (χ4v) is 2.07. The van der Waals surface area contributed by atoms with Crippen LogP contribution in [-0.2, 0) is 0 Å². The van der Waals surface area contributed by atoms with Crippen molar-refractivity contribution in [3.63, 3.8) is 0 Å². The van der Waals surface area contributed by atoms with E-state index in [0.717, 1.165) is 16.7 Å². The second-order valence-corrected chi connectivity index (χ2v) is 4.35. The van der Waals surface area contributed by atoms with E-state index in [4.69, 9.17) is 0 Å². The Morgan fingerprint density at radius 2 is 1.88 bits per heavy atom. The summed E-state index contributed by atoms with van der Waals surface area (Å²) in [6.07, 6.45) is 3.63. The molecule has 1 heterocycles. The summed E-state index contributed by atoms with van der Waals surface area (Å²) in [6, 6.07) is 12.3. The van der Waals surface area contributed by atoms with Crippen LogP contribution in [0.2, 0.25) is 0 Å². The Morgan fingerprint density at radius 3 is 2.50 bits per heavy atom. The Morgan fingerprint density at radius 1 is 1.12 bits per heavy atom. The maximum absolute atomic E-state index is 4.04. The molecular formula is C13H13BrN2. The fourth-order valence-electron chi connectivity index (χ4n) is 1.68. The molecule has 0 aliphatic heterocycles. The standard InChI is InChI=1S/C13H13BrN2/c1-2-16(12-6-8-15-9-7-12)13-5-3-4-11(14)10-13/h3-10H,2H2,1H3. The van der Waals surface area contributed by atoms with Crippen LogP contribution in [-0.4, -0.2) is 11.5 Å². The number of rotatable bonds is 3. The van der Waals surface area contributed by atoms with Gasteiger partial charge in [0.05, 0.1) is 0 Å². The van der Waals surface area contributed by atoms with Crippen LogP contribution in [0.25, 0.3) is 0 Å². The van der Waals surface area contributed by atoms with Crippen molar-refractivity contribution in [2.75, 3.05) is 11.4 Å². The second-order valence-electron chi connectivity index (χ2n) is 3.43. The summed E-state index contributed by atoms with van der Waals surface area (Å²) in [4.78, 5) is 6.28. The molecule has 0 aliphatic carbocycles. The highest BCUT2D eigenvalue weighted by Gasteiger charge is 2.06. The van der Waals surface area contributed by atoms with Gasteiger partial charge in [-0.2, -0.15) is 0 Å². The summed E-state index contributed by atoms with van der Waals surface area (Å²) < 4.78 is 1.09. The third kappa shape index (κ3) is 2.42. The highest BCUT2D eigenvalue weighted by atomic mass is 79.9. The molecule has 0 fully saturated rings. The normalized spacial score (nSPS) is 10.1. The van der Waals surface area contributed by atoms with Crippen molar-refractivity contribution in [2.24, 2.45) is 0 Å². The zero-order valence-corrected chi connectivity index (χ0v) is 10.7. The van der Waals surface area contributed by atoms with Gasteiger partial charge in [-0.25, -0.2) is 0 Å². The van der Waals surface area contributed by atoms with E-state index in [2.05, 4.69) is 44.9 Å². The third-order valence-corrected chi connectivity index (χ3v) is 2.90. The Kier molecular flexibility index (Phi) is 3.57. The molecule has 0 amide bonds. The van der Waals surface area contributed by atoms with Crippen molar-refractivity contribution in [1.29, 1.82) is 0 Å². The zero-order valence-electron chi connectivity index (χ0n) is 9.10. The maximum atomic E-state index is 4.04. The molecule has 82 valence electrons. The molecule has 1 aromatic heterocycles. The fraction of sp³-hybridized carbons (Fsp3) is 0.154. The van der Waals surface area contributed by atoms with Gasteiger partial charge in [-0.3, -0.25) is 4.98 Å². The largest absolute Gasteiger partial charge is 0.342 e. The summed E-state index contributed by atoms with van der Waals surface area (Å²) in [5.74, 6) is 0. The van der Waals surface area contributed by atoms with Crippen LogP contribution in [0.4, 0.5) is 11.4 Å². The van der Waals surface area contributed by atoms with Gasteiger partial charge in [-0.1, -0.05) is 22.0 Å². The van der Waals surface area contributed by atoms with Gasteiger partial charge in [0.1, 0.15) is 0 Å². The lowest BCUT2D eigenvalue weighted by Gasteiger charge is -2.23. The van der Waals surface area contributed by atoms with Crippen LogP contribution in [0.15, 0.2) is 53.3 Å². The summed E-state index contributed by atoms with van der Waals surface area (Å²) in [6.45, 7) is 3.07. The molecule has 0 radical (unpaired) electrons. The number of hydrogen-bond acceptors (Lipinski definition) is 2. The first-order chi connectivity index (χ1) is 7.81. The zero-order chi connectivity index (χ0) is 11.4. The van der Waals surface area contributed by atoms with Crippen molar-refractivity contribution < 1.29 is 0 Å². The van der Waals surface area contributed by atoms with Crippen LogP contribution in [0.1, 0.15) is 6.92 Å². The second kappa shape index (κ2) is 5.12. The predicted octanol–water partition coefficient (Wildman–Crippen LogP) is 4.00. The number of aromatic nitrogens is 1. The Bertz CT molecular complexity index is 456. The van der Waals surface area contributed by atoms with E-state index in [1.165, 1.54) is 5.69 Å². The minimum atomic E-state index is 0.931. The lowest BCUT2D eigenvalue weighted by molar-refractivity contribution is 1.02. The van der Waals surface area contributed by atoms with E-state index in [9.17, 15) is 0 Å². The Hall–Kier alpha value is -1.35. The van der Waals surface area contributed by atoms with Gasteiger partial charge in [0.15, 0.2) is 0 Å². The number of hydrogen-bond donors (Lipinski definition) is 0. The lowest BCUT2D eigenvalue weighted by Crippen LogP contribution is -2.15. The van der Waals surface area contributed by atoms with Crippen LogP contribution >= 0.6 is 15.9 Å². The van der Waals surface area contributed by atoms with Gasteiger partial charge in [0, 0.05) is 34.8 Å². The average molecular weight is 277 g/mol. The van der Waals surface area contributed by atoms with Crippen molar-refractivity contribution in [3.8, 4) is 0 Å². The number of halogens is 1. The summed E-state index contributed by atoms with van der Waals surface area (Å²) in [5, 5.41) is 0. The molecule has 3 heteroatoms. The molecule has 0 atom stereocenters. The third-order valence-electron chi connectivity index (χ3n) is 2.41. The number of benzene rings is 1. The van der Waals surface area contributed by atoms with E-state index in [1.807, 2.05) is 36.7 Å². The molecule has 0 saturated heterocycles. The van der Waals surface area contributed by atoms with Gasteiger partial charge in [0.2, 0.25) is 0 Å². The van der Waals surface area contributed by atoms with E-state index in [0.29, 0.717) is 0 Å². The average Bonchev–Trinajstić information content (AvgIpc) is 2.31. The topological polar surface area (TPSA) is 16.1 Å². The minimum absolute atomic E-state index is 0.931. The Labute approximate surface area is 104 Å². The van der Waals surface area contributed by atoms with Crippen LogP contribution in [0, 0.1) is 0 Å². The SMILES string of the molecule is CCN(c1ccncc1)c1cccc(Br)c1. The Balaban J connectivity index is 2.37. The smallest absolute Gasteiger partial charge is 0.0441 e. The first kappa shape index (κ1) is 11.1. The minimum Gasteiger partial charge on any atom is -0.342 e. The highest BCUT2D eigenvalue weighted by molar-refractivity contribution is 9.10. The predicted molar refractivity (Wildman–Crippen MR) is 71.1 cm³/mol. The molecule has 0 unspecified atom stereocenters. The quantitative estimate of drug-likeness (QED) is 0.842. The summed E-state index contributed by atoms with van der Waals surface area (Å²) in [7, 11) is 0. The van der Waals surface area contributed by atoms with Crippen LogP contribution in [0.5, 0.6) is 0 Å². The molecule has 0 aliphatic rings. The molecule has 0 saturated carbocycles. The number of anilines is 2. The molecule has 0 N–H and O–H groups in total. The van der Waals surface area contributed by atoms with Gasteiger partial charge in [0.25, 0.3) is 0 Å². The van der Waals surface area contributed by atoms with E-state index < -0.39 is 0 Å². The number of nitrogens with zero attached hydrogens (tertiary/aromatic N) is 2. The monoisotopic (exact) mass is 276 g/mol. The summed E-state index contributed by atoms with van der Waals surface area (Å²) >= 11 is 3.49.